The van der Waals surface area contributed by atoms with Crippen LogP contribution in [0.5, 0.6) is 0 Å². The molecule has 3 rings (SSSR count). The van der Waals surface area contributed by atoms with Gasteiger partial charge in [-0.15, -0.1) is 0 Å². The van der Waals surface area contributed by atoms with Gasteiger partial charge in [-0.3, -0.25) is 4.79 Å². The Balaban J connectivity index is 1.80. The van der Waals surface area contributed by atoms with Crippen molar-refractivity contribution in [2.24, 2.45) is 0 Å². The van der Waals surface area contributed by atoms with Gasteiger partial charge >= 0.3 is 0 Å². The molecule has 1 aliphatic heterocycles. The quantitative estimate of drug-likeness (QED) is 0.908. The smallest absolute Gasteiger partial charge is 0.241 e. The molecule has 1 aromatic heterocycles. The second kappa shape index (κ2) is 5.69. The Morgan fingerprint density at radius 1 is 1.38 bits per heavy atom. The van der Waals surface area contributed by atoms with Gasteiger partial charge < -0.3 is 10.6 Å². The van der Waals surface area contributed by atoms with Crippen LogP contribution in [0.3, 0.4) is 0 Å². The first-order valence-corrected chi connectivity index (χ1v) is 7.31. The largest absolute Gasteiger partial charge is 0.325 e. The van der Waals surface area contributed by atoms with E-state index in [4.69, 9.17) is 0 Å². The topological polar surface area (TPSA) is 59.0 Å². The zero-order chi connectivity index (χ0) is 14.8. The second-order valence-electron chi connectivity index (χ2n) is 5.53. The molecule has 1 atom stereocenters. The Hall–Kier alpha value is -2.14. The molecule has 0 saturated carbocycles. The molecule has 5 nitrogen and oxygen atoms in total. The Bertz CT molecular complexity index is 656. The van der Waals surface area contributed by atoms with Gasteiger partial charge in [-0.1, -0.05) is 6.07 Å². The van der Waals surface area contributed by atoms with Crippen LogP contribution in [0.25, 0.3) is 5.69 Å². The van der Waals surface area contributed by atoms with Gasteiger partial charge in [-0.05, 0) is 57.5 Å². The van der Waals surface area contributed by atoms with Crippen LogP contribution in [-0.2, 0) is 4.79 Å². The first-order valence-electron chi connectivity index (χ1n) is 7.31. The third-order valence-corrected chi connectivity index (χ3v) is 3.74. The number of nitrogens with one attached hydrogen (secondary N) is 2. The number of amides is 1. The highest BCUT2D eigenvalue weighted by atomic mass is 16.2. The lowest BCUT2D eigenvalue weighted by molar-refractivity contribution is -0.117. The molecule has 2 heterocycles. The molecule has 1 amide bonds. The lowest BCUT2D eigenvalue weighted by atomic mass is 10.2. The lowest BCUT2D eigenvalue weighted by Crippen LogP contribution is -2.35. The average Bonchev–Trinajstić information content (AvgIpc) is 3.08. The zero-order valence-corrected chi connectivity index (χ0v) is 12.4. The van der Waals surface area contributed by atoms with E-state index in [0.717, 1.165) is 42.1 Å². The van der Waals surface area contributed by atoms with E-state index in [9.17, 15) is 4.79 Å². The number of hydrogen-bond acceptors (Lipinski definition) is 3. The maximum atomic E-state index is 12.1. The molecule has 1 fully saturated rings. The van der Waals surface area contributed by atoms with E-state index in [0.29, 0.717) is 0 Å². The molecular weight excluding hydrogens is 264 g/mol. The fourth-order valence-corrected chi connectivity index (χ4v) is 2.74. The van der Waals surface area contributed by atoms with E-state index in [2.05, 4.69) is 15.7 Å². The maximum absolute atomic E-state index is 12.1. The Labute approximate surface area is 124 Å². The number of hydrogen-bond donors (Lipinski definition) is 2. The lowest BCUT2D eigenvalue weighted by Gasteiger charge is -2.12. The summed E-state index contributed by atoms with van der Waals surface area (Å²) in [6, 6.07) is 9.75. The number of carbonyl (C=O) groups is 1. The van der Waals surface area contributed by atoms with Crippen molar-refractivity contribution in [2.45, 2.75) is 32.7 Å². The van der Waals surface area contributed by atoms with Crippen molar-refractivity contribution in [3.05, 3.63) is 41.7 Å². The highest BCUT2D eigenvalue weighted by Crippen LogP contribution is 2.17. The molecule has 1 unspecified atom stereocenters. The third kappa shape index (κ3) is 2.97. The van der Waals surface area contributed by atoms with Gasteiger partial charge in [-0.2, -0.15) is 5.10 Å². The maximum Gasteiger partial charge on any atom is 0.241 e. The molecule has 110 valence electrons. The van der Waals surface area contributed by atoms with E-state index in [1.807, 2.05) is 48.9 Å². The summed E-state index contributed by atoms with van der Waals surface area (Å²) in [4.78, 5) is 12.1. The fourth-order valence-electron chi connectivity index (χ4n) is 2.74. The first-order chi connectivity index (χ1) is 10.1. The number of nitrogens with zero attached hydrogens (tertiary/aromatic N) is 2. The number of rotatable bonds is 3. The summed E-state index contributed by atoms with van der Waals surface area (Å²) in [7, 11) is 0. The van der Waals surface area contributed by atoms with Crippen LogP contribution in [0.4, 0.5) is 5.69 Å². The van der Waals surface area contributed by atoms with E-state index in [1.54, 1.807) is 0 Å². The Morgan fingerprint density at radius 2 is 2.24 bits per heavy atom. The Kier molecular flexibility index (Phi) is 3.75. The number of carbonyl (C=O) groups excluding carboxylic acids is 1. The molecule has 0 radical (unpaired) electrons. The van der Waals surface area contributed by atoms with Crippen molar-refractivity contribution in [1.82, 2.24) is 15.1 Å². The highest BCUT2D eigenvalue weighted by molar-refractivity contribution is 5.95. The SMILES string of the molecule is Cc1cc(C)n(-c2cccc(NC(=O)C3CCCN3)c2)n1. The number of aromatic nitrogens is 2. The number of benzene rings is 1. The van der Waals surface area contributed by atoms with Gasteiger partial charge in [0.2, 0.25) is 5.91 Å². The molecule has 1 saturated heterocycles. The third-order valence-electron chi connectivity index (χ3n) is 3.74. The van der Waals surface area contributed by atoms with Crippen LogP contribution in [-0.4, -0.2) is 28.3 Å². The molecule has 1 aliphatic rings. The normalized spacial score (nSPS) is 17.9. The molecule has 5 heteroatoms. The van der Waals surface area contributed by atoms with E-state index >= 15 is 0 Å². The highest BCUT2D eigenvalue weighted by Gasteiger charge is 2.21. The number of anilines is 1. The minimum absolute atomic E-state index is 0.0398. The van der Waals surface area contributed by atoms with Crippen molar-refractivity contribution in [2.75, 3.05) is 11.9 Å². The van der Waals surface area contributed by atoms with Crippen molar-refractivity contribution in [3.63, 3.8) is 0 Å². The predicted molar refractivity (Wildman–Crippen MR) is 82.7 cm³/mol. The van der Waals surface area contributed by atoms with Crippen molar-refractivity contribution >= 4 is 11.6 Å². The van der Waals surface area contributed by atoms with Gasteiger partial charge in [0.05, 0.1) is 17.4 Å². The first kappa shape index (κ1) is 13.8. The molecule has 2 N–H and O–H groups in total. The summed E-state index contributed by atoms with van der Waals surface area (Å²) in [5.41, 5.74) is 3.82. The minimum atomic E-state index is -0.0673. The molecule has 21 heavy (non-hydrogen) atoms. The molecule has 0 aliphatic carbocycles. The summed E-state index contributed by atoms with van der Waals surface area (Å²) in [6.07, 6.45) is 1.97. The van der Waals surface area contributed by atoms with Crippen LogP contribution >= 0.6 is 0 Å². The van der Waals surface area contributed by atoms with Crippen LogP contribution in [0.1, 0.15) is 24.2 Å². The monoisotopic (exact) mass is 284 g/mol. The summed E-state index contributed by atoms with van der Waals surface area (Å²) < 4.78 is 1.89. The summed E-state index contributed by atoms with van der Waals surface area (Å²) in [6.45, 7) is 4.92. The van der Waals surface area contributed by atoms with Crippen LogP contribution < -0.4 is 10.6 Å². The molecule has 2 aromatic rings. The van der Waals surface area contributed by atoms with Crippen LogP contribution in [0.15, 0.2) is 30.3 Å². The predicted octanol–water partition coefficient (Wildman–Crippen LogP) is 2.18. The van der Waals surface area contributed by atoms with Gasteiger partial charge in [0.15, 0.2) is 0 Å². The van der Waals surface area contributed by atoms with Crippen LogP contribution in [0, 0.1) is 13.8 Å². The van der Waals surface area contributed by atoms with E-state index in [-0.39, 0.29) is 11.9 Å². The molecule has 0 spiro atoms. The summed E-state index contributed by atoms with van der Waals surface area (Å²) >= 11 is 0. The zero-order valence-electron chi connectivity index (χ0n) is 12.4. The molecule has 0 bridgehead atoms. The van der Waals surface area contributed by atoms with Gasteiger partial charge in [0.25, 0.3) is 0 Å². The number of aryl methyl sites for hydroxylation is 2. The standard InChI is InChI=1S/C16H20N4O/c1-11-9-12(2)20(19-11)14-6-3-5-13(10-14)18-16(21)15-7-4-8-17-15/h3,5-6,9-10,15,17H,4,7-8H2,1-2H3,(H,18,21). The summed E-state index contributed by atoms with van der Waals surface area (Å²) in [5.74, 6) is 0.0398. The molecule has 1 aromatic carbocycles. The van der Waals surface area contributed by atoms with Gasteiger partial charge in [0, 0.05) is 11.4 Å². The van der Waals surface area contributed by atoms with Crippen molar-refractivity contribution < 1.29 is 4.79 Å². The fraction of sp³-hybridized carbons (Fsp3) is 0.375. The van der Waals surface area contributed by atoms with Crippen LogP contribution in [0.2, 0.25) is 0 Å². The van der Waals surface area contributed by atoms with E-state index in [1.165, 1.54) is 0 Å². The Morgan fingerprint density at radius 3 is 2.90 bits per heavy atom. The van der Waals surface area contributed by atoms with Gasteiger partial charge in [-0.25, -0.2) is 4.68 Å². The molecular formula is C16H20N4O. The minimum Gasteiger partial charge on any atom is -0.325 e. The van der Waals surface area contributed by atoms with Gasteiger partial charge in [0.1, 0.15) is 0 Å². The van der Waals surface area contributed by atoms with Crippen molar-refractivity contribution in [1.29, 1.82) is 0 Å². The second-order valence-corrected chi connectivity index (χ2v) is 5.53. The summed E-state index contributed by atoms with van der Waals surface area (Å²) in [5, 5.41) is 10.7. The average molecular weight is 284 g/mol. The van der Waals surface area contributed by atoms with Crippen molar-refractivity contribution in [3.8, 4) is 5.69 Å². The van der Waals surface area contributed by atoms with E-state index < -0.39 is 0 Å².